The van der Waals surface area contributed by atoms with Crippen LogP contribution in [0.2, 0.25) is 0 Å². The van der Waals surface area contributed by atoms with E-state index in [1.165, 1.54) is 11.8 Å². The summed E-state index contributed by atoms with van der Waals surface area (Å²) < 4.78 is 1.95. The molecular formula is C16H27N5O2S. The Morgan fingerprint density at radius 1 is 1.33 bits per heavy atom. The Morgan fingerprint density at radius 3 is 2.62 bits per heavy atom. The van der Waals surface area contributed by atoms with E-state index in [1.807, 2.05) is 11.5 Å². The van der Waals surface area contributed by atoms with Gasteiger partial charge in [0.15, 0.2) is 5.16 Å². The lowest BCUT2D eigenvalue weighted by Gasteiger charge is -2.14. The van der Waals surface area contributed by atoms with Crippen molar-refractivity contribution in [2.45, 2.75) is 69.3 Å². The van der Waals surface area contributed by atoms with Crippen LogP contribution in [0, 0.1) is 5.92 Å². The first kappa shape index (κ1) is 18.8. The lowest BCUT2D eigenvalue weighted by atomic mass is 10.1. The van der Waals surface area contributed by atoms with Crippen LogP contribution in [-0.2, 0) is 16.1 Å². The molecule has 0 spiro atoms. The van der Waals surface area contributed by atoms with Crippen molar-refractivity contribution in [2.75, 3.05) is 6.54 Å². The molecular weight excluding hydrogens is 326 g/mol. The minimum Gasteiger partial charge on any atom is -0.370 e. The van der Waals surface area contributed by atoms with E-state index in [-0.39, 0.29) is 23.5 Å². The molecule has 0 aromatic carbocycles. The molecule has 24 heavy (non-hydrogen) atoms. The van der Waals surface area contributed by atoms with E-state index in [9.17, 15) is 9.59 Å². The molecule has 1 fully saturated rings. The van der Waals surface area contributed by atoms with Gasteiger partial charge in [-0.2, -0.15) is 0 Å². The van der Waals surface area contributed by atoms with Gasteiger partial charge in [-0.1, -0.05) is 25.6 Å². The standard InChI is InChI=1S/C16H27N5O2S/c1-10(2)6-8-18-15(23)11(3)24-16-20-19-14(12-4-5-12)21(16)9-7-13(17)22/h10-12H,4-9H2,1-3H3,(H2,17,22)(H,18,23). The van der Waals surface area contributed by atoms with Gasteiger partial charge in [0.1, 0.15) is 5.82 Å². The normalized spacial score (nSPS) is 15.5. The molecule has 1 aliphatic rings. The molecule has 1 saturated carbocycles. The van der Waals surface area contributed by atoms with E-state index in [4.69, 9.17) is 5.73 Å². The molecule has 2 rings (SSSR count). The molecule has 1 aromatic rings. The highest BCUT2D eigenvalue weighted by Crippen LogP contribution is 2.40. The van der Waals surface area contributed by atoms with Gasteiger partial charge in [0, 0.05) is 25.4 Å². The van der Waals surface area contributed by atoms with Crippen molar-refractivity contribution in [3.63, 3.8) is 0 Å². The summed E-state index contributed by atoms with van der Waals surface area (Å²) >= 11 is 1.38. The average Bonchev–Trinajstić information content (AvgIpc) is 3.27. The Balaban J connectivity index is 1.97. The third-order valence-electron chi connectivity index (χ3n) is 3.94. The minimum absolute atomic E-state index is 0.00178. The van der Waals surface area contributed by atoms with Crippen LogP contribution in [0.5, 0.6) is 0 Å². The van der Waals surface area contributed by atoms with Crippen molar-refractivity contribution in [1.82, 2.24) is 20.1 Å². The number of nitrogens with two attached hydrogens (primary N) is 1. The Hall–Kier alpha value is -1.57. The Labute approximate surface area is 147 Å². The van der Waals surface area contributed by atoms with Gasteiger partial charge in [0.05, 0.1) is 5.25 Å². The number of carbonyl (C=O) groups excluding carboxylic acids is 2. The molecule has 0 bridgehead atoms. The first-order valence-electron chi connectivity index (χ1n) is 8.54. The fourth-order valence-electron chi connectivity index (χ4n) is 2.30. The van der Waals surface area contributed by atoms with Crippen molar-refractivity contribution in [3.05, 3.63) is 5.82 Å². The summed E-state index contributed by atoms with van der Waals surface area (Å²) in [6.45, 7) is 7.27. The Kier molecular flexibility index (Phi) is 6.65. The maximum absolute atomic E-state index is 12.2. The smallest absolute Gasteiger partial charge is 0.233 e. The third-order valence-corrected chi connectivity index (χ3v) is 5.02. The largest absolute Gasteiger partial charge is 0.370 e. The van der Waals surface area contributed by atoms with E-state index < -0.39 is 0 Å². The van der Waals surface area contributed by atoms with Crippen LogP contribution in [0.3, 0.4) is 0 Å². The summed E-state index contributed by atoms with van der Waals surface area (Å²) in [5.41, 5.74) is 5.27. The van der Waals surface area contributed by atoms with E-state index in [2.05, 4.69) is 29.4 Å². The number of carbonyl (C=O) groups is 2. The number of aromatic nitrogens is 3. The van der Waals surface area contributed by atoms with Crippen LogP contribution < -0.4 is 11.1 Å². The quantitative estimate of drug-likeness (QED) is 0.623. The second-order valence-electron chi connectivity index (χ2n) is 6.72. The van der Waals surface area contributed by atoms with Gasteiger partial charge < -0.3 is 15.6 Å². The van der Waals surface area contributed by atoms with Gasteiger partial charge in [-0.25, -0.2) is 0 Å². The van der Waals surface area contributed by atoms with Crippen LogP contribution >= 0.6 is 11.8 Å². The fourth-order valence-corrected chi connectivity index (χ4v) is 3.21. The third kappa shape index (κ3) is 5.51. The number of primary amides is 1. The van der Waals surface area contributed by atoms with Crippen LogP contribution in [0.25, 0.3) is 0 Å². The van der Waals surface area contributed by atoms with E-state index in [0.29, 0.717) is 30.1 Å². The molecule has 8 heteroatoms. The summed E-state index contributed by atoms with van der Waals surface area (Å²) in [5.74, 6) is 1.55. The molecule has 3 N–H and O–H groups in total. The number of thioether (sulfide) groups is 1. The summed E-state index contributed by atoms with van der Waals surface area (Å²) in [4.78, 5) is 23.3. The molecule has 0 saturated heterocycles. The van der Waals surface area contributed by atoms with Crippen molar-refractivity contribution in [2.24, 2.45) is 11.7 Å². The first-order chi connectivity index (χ1) is 11.4. The van der Waals surface area contributed by atoms with Crippen LogP contribution in [0.4, 0.5) is 0 Å². The first-order valence-corrected chi connectivity index (χ1v) is 9.42. The zero-order valence-corrected chi connectivity index (χ0v) is 15.4. The number of rotatable bonds is 10. The number of hydrogen-bond acceptors (Lipinski definition) is 5. The molecule has 0 aliphatic heterocycles. The lowest BCUT2D eigenvalue weighted by molar-refractivity contribution is -0.120. The summed E-state index contributed by atoms with van der Waals surface area (Å²) in [7, 11) is 0. The zero-order chi connectivity index (χ0) is 17.7. The molecule has 1 heterocycles. The highest BCUT2D eigenvalue weighted by molar-refractivity contribution is 8.00. The molecule has 134 valence electrons. The van der Waals surface area contributed by atoms with Crippen LogP contribution in [0.15, 0.2) is 5.16 Å². The molecule has 7 nitrogen and oxygen atoms in total. The molecule has 1 aliphatic carbocycles. The molecule has 0 radical (unpaired) electrons. The topological polar surface area (TPSA) is 103 Å². The number of nitrogens with zero attached hydrogens (tertiary/aromatic N) is 3. The summed E-state index contributed by atoms with van der Waals surface area (Å²) in [6.07, 6.45) is 3.42. The highest BCUT2D eigenvalue weighted by Gasteiger charge is 2.31. The second-order valence-corrected chi connectivity index (χ2v) is 8.02. The highest BCUT2D eigenvalue weighted by atomic mass is 32.2. The van der Waals surface area contributed by atoms with Crippen molar-refractivity contribution in [1.29, 1.82) is 0 Å². The molecule has 1 atom stereocenters. The molecule has 1 unspecified atom stereocenters. The van der Waals surface area contributed by atoms with Crippen LogP contribution in [0.1, 0.15) is 58.2 Å². The second kappa shape index (κ2) is 8.50. The molecule has 1 aromatic heterocycles. The van der Waals surface area contributed by atoms with Gasteiger partial charge in [0.25, 0.3) is 0 Å². The van der Waals surface area contributed by atoms with Gasteiger partial charge in [-0.15, -0.1) is 10.2 Å². The number of amides is 2. The van der Waals surface area contributed by atoms with Crippen molar-refractivity contribution < 1.29 is 9.59 Å². The predicted molar refractivity (Wildman–Crippen MR) is 93.6 cm³/mol. The van der Waals surface area contributed by atoms with Gasteiger partial charge in [-0.3, -0.25) is 9.59 Å². The summed E-state index contributed by atoms with van der Waals surface area (Å²) in [6, 6.07) is 0. The monoisotopic (exact) mass is 353 g/mol. The van der Waals surface area contributed by atoms with Crippen molar-refractivity contribution in [3.8, 4) is 0 Å². The lowest BCUT2D eigenvalue weighted by Crippen LogP contribution is -2.32. The summed E-state index contributed by atoms with van der Waals surface area (Å²) in [5, 5.41) is 11.9. The van der Waals surface area contributed by atoms with E-state index >= 15 is 0 Å². The van der Waals surface area contributed by atoms with Gasteiger partial charge in [0.2, 0.25) is 11.8 Å². The molecule has 2 amide bonds. The Morgan fingerprint density at radius 2 is 2.04 bits per heavy atom. The zero-order valence-electron chi connectivity index (χ0n) is 14.6. The van der Waals surface area contributed by atoms with Crippen LogP contribution in [-0.4, -0.2) is 38.4 Å². The predicted octanol–water partition coefficient (Wildman–Crippen LogP) is 1.67. The van der Waals surface area contributed by atoms with E-state index in [0.717, 1.165) is 25.1 Å². The average molecular weight is 353 g/mol. The van der Waals surface area contributed by atoms with E-state index in [1.54, 1.807) is 0 Å². The fraction of sp³-hybridized carbons (Fsp3) is 0.750. The Bertz CT molecular complexity index is 583. The maximum Gasteiger partial charge on any atom is 0.233 e. The number of hydrogen-bond donors (Lipinski definition) is 2. The van der Waals surface area contributed by atoms with Gasteiger partial charge in [-0.05, 0) is 32.1 Å². The minimum atomic E-state index is -0.346. The van der Waals surface area contributed by atoms with Gasteiger partial charge >= 0.3 is 0 Å². The SMILES string of the molecule is CC(C)CCNC(=O)C(C)Sc1nnc(C2CC2)n1CCC(N)=O. The maximum atomic E-state index is 12.2. The van der Waals surface area contributed by atoms with Crippen molar-refractivity contribution >= 4 is 23.6 Å². The number of nitrogens with one attached hydrogen (secondary N) is 1.